The minimum atomic E-state index is 0.00660. The van der Waals surface area contributed by atoms with Gasteiger partial charge in [-0.15, -0.1) is 0 Å². The molecule has 31 heavy (non-hydrogen) atoms. The first kappa shape index (κ1) is 21.1. The molecule has 1 atom stereocenters. The van der Waals surface area contributed by atoms with Gasteiger partial charge in [-0.1, -0.05) is 49.4 Å². The highest BCUT2D eigenvalue weighted by molar-refractivity contribution is 5.80. The van der Waals surface area contributed by atoms with E-state index >= 15 is 0 Å². The van der Waals surface area contributed by atoms with Gasteiger partial charge in [-0.3, -0.25) is 4.79 Å². The Morgan fingerprint density at radius 3 is 2.39 bits per heavy atom. The van der Waals surface area contributed by atoms with E-state index in [1.807, 2.05) is 61.5 Å². The molecule has 3 aromatic rings. The lowest BCUT2D eigenvalue weighted by Crippen LogP contribution is -2.41. The van der Waals surface area contributed by atoms with E-state index in [1.54, 1.807) is 0 Å². The summed E-state index contributed by atoms with van der Waals surface area (Å²) in [6.45, 7) is 6.23. The highest BCUT2D eigenvalue weighted by Crippen LogP contribution is 2.31. The van der Waals surface area contributed by atoms with E-state index in [4.69, 9.17) is 14.7 Å². The van der Waals surface area contributed by atoms with Crippen LogP contribution in [-0.2, 0) is 4.79 Å². The molecule has 2 heterocycles. The Balaban J connectivity index is 1.43. The number of carbonyl (C=O) groups excluding carboxylic acids is 1. The number of amides is 1. The third-order valence-electron chi connectivity index (χ3n) is 5.79. The third kappa shape index (κ3) is 4.95. The number of ether oxygens (including phenoxy) is 1. The van der Waals surface area contributed by atoms with Crippen molar-refractivity contribution in [2.24, 2.45) is 5.92 Å². The Labute approximate surface area is 183 Å². The summed E-state index contributed by atoms with van der Waals surface area (Å²) in [5.74, 6) is 1.50. The molecule has 0 unspecified atom stereocenters. The van der Waals surface area contributed by atoms with Crippen molar-refractivity contribution in [1.82, 2.24) is 15.3 Å². The van der Waals surface area contributed by atoms with Crippen molar-refractivity contribution in [2.45, 2.75) is 39.2 Å². The molecule has 1 N–H and O–H groups in total. The van der Waals surface area contributed by atoms with Crippen LogP contribution in [0.25, 0.3) is 11.0 Å². The molecule has 1 saturated heterocycles. The Hall–Kier alpha value is -3.15. The number of anilines is 1. The second-order valence-electron chi connectivity index (χ2n) is 8.09. The predicted octanol–water partition coefficient (Wildman–Crippen LogP) is 4.51. The van der Waals surface area contributed by atoms with E-state index in [-0.39, 0.29) is 17.9 Å². The van der Waals surface area contributed by atoms with Crippen molar-refractivity contribution in [3.05, 3.63) is 60.2 Å². The summed E-state index contributed by atoms with van der Waals surface area (Å²) in [5.41, 5.74) is 2.82. The molecule has 0 aliphatic carbocycles. The number of fused-ring (bicyclic) bond motifs is 1. The molecule has 1 amide bonds. The molecule has 0 radical (unpaired) electrons. The van der Waals surface area contributed by atoms with E-state index in [0.717, 1.165) is 54.8 Å². The van der Waals surface area contributed by atoms with Crippen LogP contribution >= 0.6 is 0 Å². The smallest absolute Gasteiger partial charge is 0.258 e. The lowest BCUT2D eigenvalue weighted by molar-refractivity contribution is -0.126. The first-order chi connectivity index (χ1) is 15.2. The van der Waals surface area contributed by atoms with E-state index in [9.17, 15) is 4.79 Å². The van der Waals surface area contributed by atoms with Gasteiger partial charge in [0.25, 0.3) is 5.88 Å². The summed E-state index contributed by atoms with van der Waals surface area (Å²) in [7, 11) is 0. The van der Waals surface area contributed by atoms with Gasteiger partial charge in [0.05, 0.1) is 23.7 Å². The lowest BCUT2D eigenvalue weighted by Gasteiger charge is -2.33. The van der Waals surface area contributed by atoms with Gasteiger partial charge in [0.15, 0.2) is 5.82 Å². The number of benzene rings is 2. The molecular weight excluding hydrogens is 388 g/mol. The second-order valence-corrected chi connectivity index (χ2v) is 8.09. The molecule has 1 fully saturated rings. The van der Waals surface area contributed by atoms with Gasteiger partial charge in [0, 0.05) is 19.0 Å². The Morgan fingerprint density at radius 1 is 1.06 bits per heavy atom. The third-order valence-corrected chi connectivity index (χ3v) is 5.79. The molecule has 1 aromatic heterocycles. The van der Waals surface area contributed by atoms with Gasteiger partial charge in [-0.05, 0) is 43.9 Å². The zero-order chi connectivity index (χ0) is 21.6. The van der Waals surface area contributed by atoms with Crippen LogP contribution in [0, 0.1) is 5.92 Å². The SMILES string of the molecule is CCCOc1nc2ccccc2nc1N1CCC(C(=O)N[C@@H](C)c2ccccc2)CC1. The number of carbonyl (C=O) groups is 1. The number of piperidine rings is 1. The van der Waals surface area contributed by atoms with Crippen LogP contribution in [0.3, 0.4) is 0 Å². The fraction of sp³-hybridized carbons (Fsp3) is 0.400. The number of hydrogen-bond acceptors (Lipinski definition) is 5. The molecule has 0 saturated carbocycles. The molecule has 0 spiro atoms. The summed E-state index contributed by atoms with van der Waals surface area (Å²) < 4.78 is 5.93. The van der Waals surface area contributed by atoms with Gasteiger partial charge >= 0.3 is 0 Å². The van der Waals surface area contributed by atoms with Gasteiger partial charge < -0.3 is 15.0 Å². The van der Waals surface area contributed by atoms with Crippen molar-refractivity contribution in [2.75, 3.05) is 24.6 Å². The molecule has 6 heteroatoms. The Bertz CT molecular complexity index is 1020. The summed E-state index contributed by atoms with van der Waals surface area (Å²) in [5, 5.41) is 3.17. The number of nitrogens with one attached hydrogen (secondary N) is 1. The molecule has 6 nitrogen and oxygen atoms in total. The molecule has 1 aliphatic heterocycles. The summed E-state index contributed by atoms with van der Waals surface area (Å²) in [6, 6.07) is 17.9. The van der Waals surface area contributed by atoms with E-state index in [2.05, 4.69) is 17.1 Å². The van der Waals surface area contributed by atoms with Crippen molar-refractivity contribution in [3.63, 3.8) is 0 Å². The molecule has 0 bridgehead atoms. The summed E-state index contributed by atoms with van der Waals surface area (Å²) >= 11 is 0. The number of nitrogens with zero attached hydrogens (tertiary/aromatic N) is 3. The fourth-order valence-corrected chi connectivity index (χ4v) is 3.99. The predicted molar refractivity (Wildman–Crippen MR) is 123 cm³/mol. The molecule has 4 rings (SSSR count). The van der Waals surface area contributed by atoms with Gasteiger partial charge in [-0.2, -0.15) is 0 Å². The average molecular weight is 419 g/mol. The first-order valence-electron chi connectivity index (χ1n) is 11.2. The van der Waals surface area contributed by atoms with Crippen molar-refractivity contribution in [3.8, 4) is 5.88 Å². The number of rotatable bonds is 7. The molecule has 2 aromatic carbocycles. The van der Waals surface area contributed by atoms with Crippen LogP contribution in [0.15, 0.2) is 54.6 Å². The Kier molecular flexibility index (Phi) is 6.65. The number of aromatic nitrogens is 2. The minimum absolute atomic E-state index is 0.00660. The van der Waals surface area contributed by atoms with Crippen LogP contribution in [0.2, 0.25) is 0 Å². The Morgan fingerprint density at radius 2 is 1.71 bits per heavy atom. The highest BCUT2D eigenvalue weighted by atomic mass is 16.5. The first-order valence-corrected chi connectivity index (χ1v) is 11.2. The highest BCUT2D eigenvalue weighted by Gasteiger charge is 2.28. The zero-order valence-electron chi connectivity index (χ0n) is 18.3. The molecule has 1 aliphatic rings. The minimum Gasteiger partial charge on any atom is -0.475 e. The maximum atomic E-state index is 12.8. The molecular formula is C25H30N4O2. The van der Waals surface area contributed by atoms with Crippen LogP contribution in [-0.4, -0.2) is 35.6 Å². The molecule has 162 valence electrons. The maximum absolute atomic E-state index is 12.8. The lowest BCUT2D eigenvalue weighted by atomic mass is 9.95. The second kappa shape index (κ2) is 9.77. The monoisotopic (exact) mass is 418 g/mol. The fourth-order valence-electron chi connectivity index (χ4n) is 3.99. The normalized spacial score (nSPS) is 15.6. The van der Waals surface area contributed by atoms with Crippen LogP contribution < -0.4 is 15.0 Å². The maximum Gasteiger partial charge on any atom is 0.258 e. The van der Waals surface area contributed by atoms with Gasteiger partial charge in [0.2, 0.25) is 5.91 Å². The van der Waals surface area contributed by atoms with Crippen LogP contribution in [0.4, 0.5) is 5.82 Å². The number of hydrogen-bond donors (Lipinski definition) is 1. The van der Waals surface area contributed by atoms with Crippen LogP contribution in [0.1, 0.15) is 44.7 Å². The van der Waals surface area contributed by atoms with Gasteiger partial charge in [0.1, 0.15) is 0 Å². The van der Waals surface area contributed by atoms with Crippen LogP contribution in [0.5, 0.6) is 5.88 Å². The van der Waals surface area contributed by atoms with Crippen molar-refractivity contribution >= 4 is 22.8 Å². The largest absolute Gasteiger partial charge is 0.475 e. The van der Waals surface area contributed by atoms with Crippen molar-refractivity contribution < 1.29 is 9.53 Å². The van der Waals surface area contributed by atoms with E-state index in [0.29, 0.717) is 12.5 Å². The quantitative estimate of drug-likeness (QED) is 0.611. The van der Waals surface area contributed by atoms with Crippen molar-refractivity contribution in [1.29, 1.82) is 0 Å². The van der Waals surface area contributed by atoms with Gasteiger partial charge in [-0.25, -0.2) is 9.97 Å². The average Bonchev–Trinajstić information content (AvgIpc) is 2.82. The number of para-hydroxylation sites is 2. The summed E-state index contributed by atoms with van der Waals surface area (Å²) in [4.78, 5) is 24.6. The standard InChI is InChI=1S/C25H30N4O2/c1-3-17-31-25-23(27-21-11-7-8-12-22(21)28-25)29-15-13-20(14-16-29)24(30)26-18(2)19-9-5-4-6-10-19/h4-12,18,20H,3,13-17H2,1-2H3,(H,26,30)/t18-/m0/s1. The van der Waals surface area contributed by atoms with E-state index in [1.165, 1.54) is 0 Å². The van der Waals surface area contributed by atoms with E-state index < -0.39 is 0 Å². The zero-order valence-corrected chi connectivity index (χ0v) is 18.3. The summed E-state index contributed by atoms with van der Waals surface area (Å²) in [6.07, 6.45) is 2.49. The topological polar surface area (TPSA) is 67.4 Å².